The molecule has 2 aliphatic heterocycles. The van der Waals surface area contributed by atoms with Crippen molar-refractivity contribution in [2.24, 2.45) is 0 Å². The Morgan fingerprint density at radius 2 is 2.06 bits per heavy atom. The van der Waals surface area contributed by atoms with Crippen LogP contribution >= 0.6 is 11.6 Å². The summed E-state index contributed by atoms with van der Waals surface area (Å²) in [5.74, 6) is 2.47. The quantitative estimate of drug-likeness (QED) is 0.388. The van der Waals surface area contributed by atoms with Gasteiger partial charge in [-0.15, -0.1) is 0 Å². The van der Waals surface area contributed by atoms with Gasteiger partial charge in [0, 0.05) is 42.9 Å². The first-order valence-corrected chi connectivity index (χ1v) is 12.0. The third-order valence-electron chi connectivity index (χ3n) is 5.41. The number of nitrogens with one attached hydrogen (secondary N) is 3. The molecule has 2 amide bonds. The van der Waals surface area contributed by atoms with E-state index in [-0.39, 0.29) is 12.1 Å². The Morgan fingerprint density at radius 3 is 2.77 bits per heavy atom. The number of anilines is 2. The highest BCUT2D eigenvalue weighted by Gasteiger charge is 2.20. The van der Waals surface area contributed by atoms with Gasteiger partial charge in [0.05, 0.1) is 44.2 Å². The molecule has 0 radical (unpaired) electrons. The highest BCUT2D eigenvalue weighted by atomic mass is 35.5. The molecule has 2 aromatic rings. The summed E-state index contributed by atoms with van der Waals surface area (Å²) < 4.78 is 28.5. The number of carbonyl (C=O) groups excluding carboxylic acids is 1. The van der Waals surface area contributed by atoms with E-state index < -0.39 is 0 Å². The summed E-state index contributed by atoms with van der Waals surface area (Å²) in [6, 6.07) is 8.60. The largest absolute Gasteiger partial charge is 0.493 e. The van der Waals surface area contributed by atoms with Gasteiger partial charge in [0.25, 0.3) is 0 Å². The maximum Gasteiger partial charge on any atom is 0.319 e. The van der Waals surface area contributed by atoms with E-state index in [4.69, 9.17) is 35.3 Å². The number of amides is 2. The van der Waals surface area contributed by atoms with E-state index in [1.807, 2.05) is 25.1 Å². The molecule has 1 fully saturated rings. The van der Waals surface area contributed by atoms with Crippen molar-refractivity contribution in [3.05, 3.63) is 47.0 Å². The Bertz CT molecular complexity index is 1070. The van der Waals surface area contributed by atoms with Crippen LogP contribution in [0.2, 0.25) is 5.02 Å². The highest BCUT2D eigenvalue weighted by Crippen LogP contribution is 2.39. The van der Waals surface area contributed by atoms with Crippen LogP contribution in [0.3, 0.4) is 0 Å². The average molecular weight is 504 g/mol. The van der Waals surface area contributed by atoms with Crippen LogP contribution in [0.4, 0.5) is 16.2 Å². The van der Waals surface area contributed by atoms with Gasteiger partial charge in [0.1, 0.15) is 17.6 Å². The molecule has 10 heteroatoms. The fraction of sp³-hybridized carbons (Fsp3) is 0.400. The Hall–Kier alpha value is -3.14. The molecule has 188 valence electrons. The monoisotopic (exact) mass is 503 g/mol. The Balaban J connectivity index is 1.40. The first kappa shape index (κ1) is 25.0. The van der Waals surface area contributed by atoms with Crippen molar-refractivity contribution in [1.82, 2.24) is 5.32 Å². The number of urea groups is 1. The number of carbonyl (C=O) groups is 1. The lowest BCUT2D eigenvalue weighted by molar-refractivity contribution is -0.130. The summed E-state index contributed by atoms with van der Waals surface area (Å²) in [7, 11) is 1.61. The molecule has 0 unspecified atom stereocenters. The van der Waals surface area contributed by atoms with Crippen LogP contribution in [0.25, 0.3) is 5.76 Å². The third-order valence-corrected chi connectivity index (χ3v) is 5.72. The summed E-state index contributed by atoms with van der Waals surface area (Å²) in [6.07, 6.45) is 2.92. The second kappa shape index (κ2) is 12.0. The van der Waals surface area contributed by atoms with Crippen LogP contribution in [-0.2, 0) is 9.47 Å². The molecule has 2 heterocycles. The van der Waals surface area contributed by atoms with Crippen LogP contribution in [0.1, 0.15) is 18.9 Å². The molecule has 0 spiro atoms. The molecule has 0 bridgehead atoms. The lowest BCUT2D eigenvalue weighted by atomic mass is 10.1. The van der Waals surface area contributed by atoms with Gasteiger partial charge in [-0.25, -0.2) is 4.79 Å². The number of ether oxygens (including phenoxy) is 5. The minimum atomic E-state index is -0.316. The Kier molecular flexibility index (Phi) is 8.57. The van der Waals surface area contributed by atoms with E-state index in [9.17, 15) is 4.79 Å². The number of hydrogen-bond acceptors (Lipinski definition) is 7. The van der Waals surface area contributed by atoms with E-state index >= 15 is 0 Å². The maximum atomic E-state index is 11.8. The van der Waals surface area contributed by atoms with E-state index in [0.29, 0.717) is 73.2 Å². The number of methoxy groups -OCH3 is 1. The van der Waals surface area contributed by atoms with Crippen LogP contribution in [-0.4, -0.2) is 58.8 Å². The number of fused-ring (bicyclic) bond motifs is 1. The minimum absolute atomic E-state index is 0.214. The van der Waals surface area contributed by atoms with Crippen LogP contribution in [0.15, 0.2) is 36.4 Å². The molecule has 9 nitrogen and oxygen atoms in total. The summed E-state index contributed by atoms with van der Waals surface area (Å²) in [5, 5.41) is 9.09. The fourth-order valence-corrected chi connectivity index (χ4v) is 3.78. The normalized spacial score (nSPS) is 14.7. The summed E-state index contributed by atoms with van der Waals surface area (Å²) in [4.78, 5) is 11.8. The van der Waals surface area contributed by atoms with Crippen molar-refractivity contribution >= 4 is 34.8 Å². The van der Waals surface area contributed by atoms with Crippen molar-refractivity contribution in [3.8, 4) is 17.2 Å². The highest BCUT2D eigenvalue weighted by molar-refractivity contribution is 6.33. The molecular weight excluding hydrogens is 474 g/mol. The number of hydrogen-bond donors (Lipinski definition) is 3. The standard InChI is InChI=1S/C25H30ClN3O6/c1-3-27-25(30)29-20-6-5-16(11-19(20)26)35-22-7-8-28-21-13-24(23(31-2)12-18(21)22)34-10-4-9-33-17-14-32-15-17/h5-7,11-13,17,28H,3-4,8-10,14-15H2,1-2H3,(H2,27,29,30). The average Bonchev–Trinajstić information content (AvgIpc) is 2.81. The van der Waals surface area contributed by atoms with Crippen molar-refractivity contribution in [1.29, 1.82) is 0 Å². The minimum Gasteiger partial charge on any atom is -0.493 e. The summed E-state index contributed by atoms with van der Waals surface area (Å²) >= 11 is 6.35. The van der Waals surface area contributed by atoms with Crippen molar-refractivity contribution in [2.45, 2.75) is 19.4 Å². The van der Waals surface area contributed by atoms with Gasteiger partial charge in [-0.3, -0.25) is 0 Å². The Morgan fingerprint density at radius 1 is 1.20 bits per heavy atom. The fourth-order valence-electron chi connectivity index (χ4n) is 3.56. The van der Waals surface area contributed by atoms with Gasteiger partial charge >= 0.3 is 6.03 Å². The predicted molar refractivity (Wildman–Crippen MR) is 135 cm³/mol. The van der Waals surface area contributed by atoms with Gasteiger partial charge in [-0.1, -0.05) is 11.6 Å². The second-order valence-corrected chi connectivity index (χ2v) is 8.37. The van der Waals surface area contributed by atoms with Crippen molar-refractivity contribution < 1.29 is 28.5 Å². The first-order valence-electron chi connectivity index (χ1n) is 11.6. The van der Waals surface area contributed by atoms with Crippen LogP contribution < -0.4 is 30.2 Å². The van der Waals surface area contributed by atoms with E-state index in [1.165, 1.54) is 0 Å². The molecule has 0 aliphatic carbocycles. The van der Waals surface area contributed by atoms with Gasteiger partial charge in [-0.05, 0) is 31.2 Å². The van der Waals surface area contributed by atoms with Gasteiger partial charge in [0.15, 0.2) is 11.5 Å². The second-order valence-electron chi connectivity index (χ2n) is 7.96. The predicted octanol–water partition coefficient (Wildman–Crippen LogP) is 4.52. The first-order chi connectivity index (χ1) is 17.1. The molecule has 0 aromatic heterocycles. The topological polar surface area (TPSA) is 99.3 Å². The van der Waals surface area contributed by atoms with E-state index in [2.05, 4.69) is 16.0 Å². The van der Waals surface area contributed by atoms with Crippen LogP contribution in [0, 0.1) is 0 Å². The van der Waals surface area contributed by atoms with Crippen molar-refractivity contribution in [2.75, 3.05) is 57.3 Å². The molecule has 0 saturated carbocycles. The van der Waals surface area contributed by atoms with Gasteiger partial charge in [-0.2, -0.15) is 0 Å². The zero-order chi connectivity index (χ0) is 24.6. The number of rotatable bonds is 11. The molecule has 2 aliphatic rings. The summed E-state index contributed by atoms with van der Waals surface area (Å²) in [6.45, 7) is 5.44. The molecule has 1 saturated heterocycles. The SMILES string of the molecule is CCNC(=O)Nc1ccc(OC2=CCNc3cc(OCCCOC4COC4)c(OC)cc32)cc1Cl. The molecule has 3 N–H and O–H groups in total. The number of benzene rings is 2. The van der Waals surface area contributed by atoms with E-state index in [1.54, 1.807) is 25.3 Å². The smallest absolute Gasteiger partial charge is 0.319 e. The van der Waals surface area contributed by atoms with Crippen molar-refractivity contribution in [3.63, 3.8) is 0 Å². The molecular formula is C25H30ClN3O6. The lowest BCUT2D eigenvalue weighted by Gasteiger charge is -2.26. The number of halogens is 1. The maximum absolute atomic E-state index is 11.8. The summed E-state index contributed by atoms with van der Waals surface area (Å²) in [5.41, 5.74) is 2.22. The zero-order valence-corrected chi connectivity index (χ0v) is 20.6. The van der Waals surface area contributed by atoms with Gasteiger partial charge in [0.2, 0.25) is 0 Å². The molecule has 0 atom stereocenters. The van der Waals surface area contributed by atoms with Crippen LogP contribution in [0.5, 0.6) is 17.2 Å². The molecule has 4 rings (SSSR count). The lowest BCUT2D eigenvalue weighted by Crippen LogP contribution is -2.36. The molecule has 35 heavy (non-hydrogen) atoms. The van der Waals surface area contributed by atoms with E-state index in [0.717, 1.165) is 17.7 Å². The van der Waals surface area contributed by atoms with Gasteiger partial charge < -0.3 is 39.6 Å². The third kappa shape index (κ3) is 6.50. The Labute approximate surface area is 209 Å². The molecule has 2 aromatic carbocycles. The zero-order valence-electron chi connectivity index (χ0n) is 19.8.